The van der Waals surface area contributed by atoms with Gasteiger partial charge in [0.1, 0.15) is 11.8 Å². The molecule has 1 aromatic heterocycles. The van der Waals surface area contributed by atoms with Gasteiger partial charge in [0.25, 0.3) is 0 Å². The monoisotopic (exact) mass is 206 g/mol. The standard InChI is InChI=1S/C11H11ClN2/c1-9-6-10(4-2-3-5-12)8-14-11(9)7-13/h2,4,6,8H,3,5H2,1H3. The largest absolute Gasteiger partial charge is 0.245 e. The van der Waals surface area contributed by atoms with Crippen molar-refractivity contribution in [1.29, 1.82) is 5.26 Å². The maximum absolute atomic E-state index is 8.68. The van der Waals surface area contributed by atoms with E-state index in [1.54, 1.807) is 6.20 Å². The quantitative estimate of drug-likeness (QED) is 0.713. The van der Waals surface area contributed by atoms with Crippen LogP contribution in [0.2, 0.25) is 0 Å². The lowest BCUT2D eigenvalue weighted by atomic mass is 10.1. The molecule has 0 bridgehead atoms. The van der Waals surface area contributed by atoms with Gasteiger partial charge in [-0.1, -0.05) is 12.2 Å². The minimum Gasteiger partial charge on any atom is -0.245 e. The van der Waals surface area contributed by atoms with Crippen LogP contribution in [0.25, 0.3) is 6.08 Å². The fraction of sp³-hybridized carbons (Fsp3) is 0.273. The molecule has 0 saturated carbocycles. The van der Waals surface area contributed by atoms with Crippen LogP contribution in [0, 0.1) is 18.3 Å². The SMILES string of the molecule is Cc1cc(C=CCCCl)cnc1C#N. The van der Waals surface area contributed by atoms with Gasteiger partial charge in [-0.25, -0.2) is 4.98 Å². The predicted octanol–water partition coefficient (Wildman–Crippen LogP) is 2.90. The zero-order chi connectivity index (χ0) is 10.4. The Labute approximate surface area is 88.8 Å². The summed E-state index contributed by atoms with van der Waals surface area (Å²) in [4.78, 5) is 4.03. The van der Waals surface area contributed by atoms with E-state index in [1.807, 2.05) is 31.2 Å². The number of allylic oxidation sites excluding steroid dienone is 1. The Kier molecular flexibility index (Phi) is 4.15. The van der Waals surface area contributed by atoms with Gasteiger partial charge in [-0.15, -0.1) is 11.6 Å². The molecule has 0 spiro atoms. The summed E-state index contributed by atoms with van der Waals surface area (Å²) >= 11 is 5.54. The number of aromatic nitrogens is 1. The van der Waals surface area contributed by atoms with Crippen LogP contribution < -0.4 is 0 Å². The molecule has 0 aromatic carbocycles. The van der Waals surface area contributed by atoms with Crippen LogP contribution in [0.3, 0.4) is 0 Å². The minimum absolute atomic E-state index is 0.486. The molecular weight excluding hydrogens is 196 g/mol. The van der Waals surface area contributed by atoms with Crippen molar-refractivity contribution in [3.63, 3.8) is 0 Å². The first-order valence-corrected chi connectivity index (χ1v) is 4.90. The molecule has 0 radical (unpaired) electrons. The van der Waals surface area contributed by atoms with Gasteiger partial charge in [-0.05, 0) is 30.5 Å². The summed E-state index contributed by atoms with van der Waals surface area (Å²) in [6.45, 7) is 1.88. The topological polar surface area (TPSA) is 36.7 Å². The highest BCUT2D eigenvalue weighted by Crippen LogP contribution is 2.08. The number of hydrogen-bond donors (Lipinski definition) is 0. The number of aryl methyl sites for hydroxylation is 1. The fourth-order valence-corrected chi connectivity index (χ4v) is 1.21. The van der Waals surface area contributed by atoms with E-state index in [4.69, 9.17) is 16.9 Å². The molecular formula is C11H11ClN2. The molecule has 1 aromatic rings. The zero-order valence-electron chi connectivity index (χ0n) is 8.00. The number of alkyl halides is 1. The molecule has 0 atom stereocenters. The van der Waals surface area contributed by atoms with E-state index in [-0.39, 0.29) is 0 Å². The molecule has 0 aliphatic carbocycles. The molecule has 14 heavy (non-hydrogen) atoms. The predicted molar refractivity (Wildman–Crippen MR) is 58.1 cm³/mol. The average molecular weight is 207 g/mol. The molecule has 0 saturated heterocycles. The van der Waals surface area contributed by atoms with Crippen LogP contribution in [-0.2, 0) is 0 Å². The first-order chi connectivity index (χ1) is 6.77. The summed E-state index contributed by atoms with van der Waals surface area (Å²) in [7, 11) is 0. The van der Waals surface area contributed by atoms with Crippen LogP contribution in [-0.4, -0.2) is 10.9 Å². The van der Waals surface area contributed by atoms with Gasteiger partial charge in [-0.2, -0.15) is 5.26 Å². The van der Waals surface area contributed by atoms with Crippen LogP contribution in [0.15, 0.2) is 18.3 Å². The smallest absolute Gasteiger partial charge is 0.143 e. The van der Waals surface area contributed by atoms with Crippen LogP contribution in [0.5, 0.6) is 0 Å². The van der Waals surface area contributed by atoms with Crippen LogP contribution >= 0.6 is 11.6 Å². The van der Waals surface area contributed by atoms with E-state index in [1.165, 1.54) is 0 Å². The Hall–Kier alpha value is -1.33. The highest BCUT2D eigenvalue weighted by atomic mass is 35.5. The summed E-state index contributed by atoms with van der Waals surface area (Å²) in [5.74, 6) is 0.624. The van der Waals surface area contributed by atoms with Crippen molar-refractivity contribution < 1.29 is 0 Å². The summed E-state index contributed by atoms with van der Waals surface area (Å²) < 4.78 is 0. The first kappa shape index (κ1) is 10.7. The van der Waals surface area contributed by atoms with Gasteiger partial charge in [0.2, 0.25) is 0 Å². The Balaban J connectivity index is 2.82. The molecule has 0 N–H and O–H groups in total. The van der Waals surface area contributed by atoms with E-state index in [2.05, 4.69) is 4.98 Å². The highest BCUT2D eigenvalue weighted by molar-refractivity contribution is 6.17. The lowest BCUT2D eigenvalue weighted by Gasteiger charge is -1.97. The third-order valence-corrected chi connectivity index (χ3v) is 2.01. The maximum atomic E-state index is 8.68. The van der Waals surface area contributed by atoms with E-state index in [9.17, 15) is 0 Å². The molecule has 0 unspecified atom stereocenters. The second-order valence-electron chi connectivity index (χ2n) is 2.93. The third kappa shape index (κ3) is 2.86. The number of rotatable bonds is 3. The van der Waals surface area contributed by atoms with Crippen molar-refractivity contribution in [3.05, 3.63) is 35.2 Å². The molecule has 0 aliphatic heterocycles. The van der Waals surface area contributed by atoms with Crippen molar-refractivity contribution in [1.82, 2.24) is 4.98 Å². The molecule has 3 heteroatoms. The van der Waals surface area contributed by atoms with Crippen molar-refractivity contribution >= 4 is 17.7 Å². The Morgan fingerprint density at radius 1 is 1.64 bits per heavy atom. The molecule has 0 fully saturated rings. The number of nitrogens with zero attached hydrogens (tertiary/aromatic N) is 2. The van der Waals surface area contributed by atoms with Crippen molar-refractivity contribution in [2.45, 2.75) is 13.3 Å². The second kappa shape index (κ2) is 5.41. The van der Waals surface area contributed by atoms with Crippen LogP contribution in [0.1, 0.15) is 23.2 Å². The van der Waals surface area contributed by atoms with E-state index in [0.29, 0.717) is 11.6 Å². The summed E-state index contributed by atoms with van der Waals surface area (Å²) in [5.41, 5.74) is 2.40. The number of halogens is 1. The van der Waals surface area contributed by atoms with E-state index >= 15 is 0 Å². The first-order valence-electron chi connectivity index (χ1n) is 4.37. The van der Waals surface area contributed by atoms with Gasteiger partial charge >= 0.3 is 0 Å². The molecule has 1 rings (SSSR count). The normalized spacial score (nSPS) is 10.4. The Morgan fingerprint density at radius 3 is 3.00 bits per heavy atom. The lowest BCUT2D eigenvalue weighted by molar-refractivity contribution is 1.20. The number of pyridine rings is 1. The second-order valence-corrected chi connectivity index (χ2v) is 3.30. The lowest BCUT2D eigenvalue weighted by Crippen LogP contribution is -1.88. The Morgan fingerprint density at radius 2 is 2.43 bits per heavy atom. The highest BCUT2D eigenvalue weighted by Gasteiger charge is 1.97. The van der Waals surface area contributed by atoms with Gasteiger partial charge in [0.05, 0.1) is 0 Å². The van der Waals surface area contributed by atoms with Gasteiger partial charge in [-0.3, -0.25) is 0 Å². The molecule has 0 amide bonds. The summed E-state index contributed by atoms with van der Waals surface area (Å²) in [5, 5.41) is 8.68. The van der Waals surface area contributed by atoms with Crippen LogP contribution in [0.4, 0.5) is 0 Å². The molecule has 0 aliphatic rings. The van der Waals surface area contributed by atoms with E-state index in [0.717, 1.165) is 17.5 Å². The Bertz CT molecular complexity index is 377. The van der Waals surface area contributed by atoms with Crippen molar-refractivity contribution in [3.8, 4) is 6.07 Å². The third-order valence-electron chi connectivity index (χ3n) is 1.79. The minimum atomic E-state index is 0.486. The van der Waals surface area contributed by atoms with E-state index < -0.39 is 0 Å². The fourth-order valence-electron chi connectivity index (χ4n) is 1.09. The summed E-state index contributed by atoms with van der Waals surface area (Å²) in [6, 6.07) is 3.97. The zero-order valence-corrected chi connectivity index (χ0v) is 8.75. The van der Waals surface area contributed by atoms with Gasteiger partial charge in [0.15, 0.2) is 0 Å². The molecule has 2 nitrogen and oxygen atoms in total. The number of nitriles is 1. The maximum Gasteiger partial charge on any atom is 0.143 e. The van der Waals surface area contributed by atoms with Crippen molar-refractivity contribution in [2.24, 2.45) is 0 Å². The average Bonchev–Trinajstić information content (AvgIpc) is 2.18. The van der Waals surface area contributed by atoms with Gasteiger partial charge < -0.3 is 0 Å². The van der Waals surface area contributed by atoms with Crippen molar-refractivity contribution in [2.75, 3.05) is 5.88 Å². The molecule has 1 heterocycles. The number of hydrogen-bond acceptors (Lipinski definition) is 2. The van der Waals surface area contributed by atoms with Gasteiger partial charge in [0, 0.05) is 12.1 Å². The molecule has 72 valence electrons. The summed E-state index contributed by atoms with van der Waals surface area (Å²) in [6.07, 6.45) is 6.50.